The molecule has 0 N–H and O–H groups in total. The van der Waals surface area contributed by atoms with E-state index in [4.69, 9.17) is 14.2 Å². The smallest absolute Gasteiger partial charge is 0.306 e. The highest BCUT2D eigenvalue weighted by Crippen LogP contribution is 2.17. The maximum Gasteiger partial charge on any atom is 0.306 e. The van der Waals surface area contributed by atoms with Crippen LogP contribution in [0.15, 0.2) is 36.5 Å². The van der Waals surface area contributed by atoms with Crippen LogP contribution in [0.5, 0.6) is 0 Å². The normalized spacial score (nSPS) is 12.2. The highest BCUT2D eigenvalue weighted by Gasteiger charge is 2.19. The number of unbranched alkanes of at least 4 members (excludes halogenated alkanes) is 44. The summed E-state index contributed by atoms with van der Waals surface area (Å²) in [6, 6.07) is 0. The first-order chi connectivity index (χ1) is 36.5. The highest BCUT2D eigenvalue weighted by atomic mass is 16.6. The summed E-state index contributed by atoms with van der Waals surface area (Å²) in [5, 5.41) is 0. The summed E-state index contributed by atoms with van der Waals surface area (Å²) in [6.07, 6.45) is 77.2. The van der Waals surface area contributed by atoms with Gasteiger partial charge in [-0.05, 0) is 77.0 Å². The number of carbonyl (C=O) groups excluding carboxylic acids is 3. The molecule has 0 bridgehead atoms. The summed E-state index contributed by atoms with van der Waals surface area (Å²) < 4.78 is 17.0. The van der Waals surface area contributed by atoms with Crippen LogP contribution >= 0.6 is 0 Å². The minimum Gasteiger partial charge on any atom is -0.462 e. The van der Waals surface area contributed by atoms with Crippen molar-refractivity contribution in [2.24, 2.45) is 0 Å². The number of allylic oxidation sites excluding steroid dienone is 6. The van der Waals surface area contributed by atoms with Crippen LogP contribution in [0.3, 0.4) is 0 Å². The van der Waals surface area contributed by atoms with Crippen molar-refractivity contribution >= 4 is 17.9 Å². The van der Waals surface area contributed by atoms with Crippen molar-refractivity contribution in [3.8, 4) is 0 Å². The average Bonchev–Trinajstić information content (AvgIpc) is 3.40. The van der Waals surface area contributed by atoms with Crippen LogP contribution < -0.4 is 0 Å². The van der Waals surface area contributed by atoms with Gasteiger partial charge in [0.2, 0.25) is 0 Å². The molecule has 0 aromatic heterocycles. The number of carbonyl (C=O) groups is 3. The lowest BCUT2D eigenvalue weighted by Crippen LogP contribution is -2.30. The van der Waals surface area contributed by atoms with Gasteiger partial charge in [0.15, 0.2) is 6.10 Å². The van der Waals surface area contributed by atoms with E-state index in [0.717, 1.165) is 64.2 Å². The lowest BCUT2D eigenvalue weighted by Gasteiger charge is -2.18. The molecular weight excluding hydrogens is 913 g/mol. The molecule has 0 aliphatic heterocycles. The molecular formula is C68H126O6. The maximum absolute atomic E-state index is 12.9. The molecule has 0 amide bonds. The fraction of sp³-hybridized carbons (Fsp3) is 0.868. The zero-order valence-electron chi connectivity index (χ0n) is 49.9. The van der Waals surface area contributed by atoms with Gasteiger partial charge in [0.1, 0.15) is 13.2 Å². The summed E-state index contributed by atoms with van der Waals surface area (Å²) in [5.41, 5.74) is 0. The second kappa shape index (κ2) is 63.2. The molecule has 0 rings (SSSR count). The van der Waals surface area contributed by atoms with Crippen LogP contribution in [0.1, 0.15) is 361 Å². The van der Waals surface area contributed by atoms with Crippen LogP contribution in [-0.2, 0) is 28.6 Å². The van der Waals surface area contributed by atoms with Gasteiger partial charge in [-0.2, -0.15) is 0 Å². The number of ether oxygens (including phenoxy) is 3. The molecule has 0 aliphatic carbocycles. The lowest BCUT2D eigenvalue weighted by molar-refractivity contribution is -0.167. The van der Waals surface area contributed by atoms with Crippen molar-refractivity contribution in [2.45, 2.75) is 367 Å². The first kappa shape index (κ1) is 71.6. The molecule has 0 radical (unpaired) electrons. The third-order valence-corrected chi connectivity index (χ3v) is 14.9. The van der Waals surface area contributed by atoms with E-state index in [1.165, 1.54) is 257 Å². The Morgan fingerprint density at radius 3 is 0.784 bits per heavy atom. The molecule has 0 fully saturated rings. The Balaban J connectivity index is 4.29. The van der Waals surface area contributed by atoms with Crippen LogP contribution in [0.4, 0.5) is 0 Å². The molecule has 6 heteroatoms. The van der Waals surface area contributed by atoms with Crippen molar-refractivity contribution in [3.63, 3.8) is 0 Å². The summed E-state index contributed by atoms with van der Waals surface area (Å²) in [6.45, 7) is 6.67. The average molecular weight is 1040 g/mol. The molecule has 434 valence electrons. The predicted molar refractivity (Wildman–Crippen MR) is 321 cm³/mol. The maximum atomic E-state index is 12.9. The standard InChI is InChI=1S/C68H126O6/c1-4-7-10-13-16-19-22-25-28-30-32-33-34-35-37-38-40-43-46-49-52-55-58-61-67(70)73-64-65(63-72-66(69)60-57-54-51-48-45-42-27-24-21-18-15-12-9-6-3)74-68(71)62-59-56-53-50-47-44-41-39-36-31-29-26-23-20-17-14-11-8-5-2/h17,20,26,29-30,32,65H,4-16,18-19,21-25,27-28,31,33-64H2,1-3H3/b20-17-,29-26-,32-30-. The van der Waals surface area contributed by atoms with Gasteiger partial charge in [0.25, 0.3) is 0 Å². The molecule has 0 heterocycles. The number of hydrogen-bond acceptors (Lipinski definition) is 6. The van der Waals surface area contributed by atoms with Gasteiger partial charge < -0.3 is 14.2 Å². The van der Waals surface area contributed by atoms with Gasteiger partial charge in [0.05, 0.1) is 0 Å². The fourth-order valence-electron chi connectivity index (χ4n) is 9.88. The summed E-state index contributed by atoms with van der Waals surface area (Å²) in [4.78, 5) is 38.3. The van der Waals surface area contributed by atoms with Gasteiger partial charge in [-0.3, -0.25) is 14.4 Å². The summed E-state index contributed by atoms with van der Waals surface area (Å²) >= 11 is 0. The van der Waals surface area contributed by atoms with Crippen molar-refractivity contribution in [1.82, 2.24) is 0 Å². The molecule has 0 saturated heterocycles. The molecule has 1 unspecified atom stereocenters. The Morgan fingerprint density at radius 1 is 0.270 bits per heavy atom. The van der Waals surface area contributed by atoms with Crippen LogP contribution in [0.25, 0.3) is 0 Å². The second-order valence-electron chi connectivity index (χ2n) is 22.4. The van der Waals surface area contributed by atoms with E-state index in [1.807, 2.05) is 0 Å². The quantitative estimate of drug-likeness (QED) is 0.0261. The van der Waals surface area contributed by atoms with Crippen LogP contribution in [0, 0.1) is 0 Å². The molecule has 6 nitrogen and oxygen atoms in total. The van der Waals surface area contributed by atoms with E-state index in [0.29, 0.717) is 19.3 Å². The highest BCUT2D eigenvalue weighted by molar-refractivity contribution is 5.71. The van der Waals surface area contributed by atoms with E-state index >= 15 is 0 Å². The first-order valence-electron chi connectivity index (χ1n) is 33.0. The minimum absolute atomic E-state index is 0.0694. The van der Waals surface area contributed by atoms with Crippen LogP contribution in [0.2, 0.25) is 0 Å². The zero-order valence-corrected chi connectivity index (χ0v) is 49.9. The Morgan fingerprint density at radius 2 is 0.486 bits per heavy atom. The van der Waals surface area contributed by atoms with E-state index in [-0.39, 0.29) is 31.1 Å². The van der Waals surface area contributed by atoms with Crippen molar-refractivity contribution < 1.29 is 28.6 Å². The van der Waals surface area contributed by atoms with Gasteiger partial charge >= 0.3 is 17.9 Å². The predicted octanol–water partition coefficient (Wildman–Crippen LogP) is 22.4. The second-order valence-corrected chi connectivity index (χ2v) is 22.4. The van der Waals surface area contributed by atoms with Gasteiger partial charge in [-0.25, -0.2) is 0 Å². The molecule has 0 spiro atoms. The Hall–Kier alpha value is -2.37. The topological polar surface area (TPSA) is 78.9 Å². The van der Waals surface area contributed by atoms with E-state index < -0.39 is 6.10 Å². The van der Waals surface area contributed by atoms with Crippen molar-refractivity contribution in [1.29, 1.82) is 0 Å². The van der Waals surface area contributed by atoms with E-state index in [2.05, 4.69) is 57.2 Å². The Kier molecular flexibility index (Phi) is 61.1. The molecule has 74 heavy (non-hydrogen) atoms. The van der Waals surface area contributed by atoms with Gasteiger partial charge in [-0.1, -0.05) is 301 Å². The largest absolute Gasteiger partial charge is 0.462 e. The first-order valence-corrected chi connectivity index (χ1v) is 33.0. The third-order valence-electron chi connectivity index (χ3n) is 14.9. The lowest BCUT2D eigenvalue weighted by atomic mass is 10.0. The molecule has 0 aromatic rings. The van der Waals surface area contributed by atoms with E-state index in [9.17, 15) is 14.4 Å². The Bertz CT molecular complexity index is 1240. The number of rotatable bonds is 61. The zero-order chi connectivity index (χ0) is 53.6. The molecule has 0 aromatic carbocycles. The SMILES string of the molecule is CCCCC/C=C\C/C=C\CCCCCCCCCCCC(=O)OC(COC(=O)CCCCCCCCCCCCC/C=C\CCCCCCCCCC)COC(=O)CCCCCCCCCCCCCCCC. The Labute approximate surface area is 461 Å². The van der Waals surface area contributed by atoms with Crippen LogP contribution in [-0.4, -0.2) is 37.2 Å². The minimum atomic E-state index is -0.773. The monoisotopic (exact) mass is 1040 g/mol. The summed E-state index contributed by atoms with van der Waals surface area (Å²) in [7, 11) is 0. The van der Waals surface area contributed by atoms with Crippen molar-refractivity contribution in [3.05, 3.63) is 36.5 Å². The van der Waals surface area contributed by atoms with Gasteiger partial charge in [-0.15, -0.1) is 0 Å². The van der Waals surface area contributed by atoms with Crippen molar-refractivity contribution in [2.75, 3.05) is 13.2 Å². The van der Waals surface area contributed by atoms with Gasteiger partial charge in [0, 0.05) is 19.3 Å². The van der Waals surface area contributed by atoms with E-state index in [1.54, 1.807) is 0 Å². The molecule has 0 saturated carbocycles. The third kappa shape index (κ3) is 60.5. The summed E-state index contributed by atoms with van der Waals surface area (Å²) in [5.74, 6) is -0.849. The molecule has 1 atom stereocenters. The molecule has 0 aliphatic rings. The number of hydrogen-bond donors (Lipinski definition) is 0. The number of esters is 3. The fourth-order valence-corrected chi connectivity index (χ4v) is 9.88.